The Bertz CT molecular complexity index is 497. The summed E-state index contributed by atoms with van der Waals surface area (Å²) in [5.74, 6) is -2.10. The van der Waals surface area contributed by atoms with Crippen LogP contribution in [0.25, 0.3) is 0 Å². The zero-order chi connectivity index (χ0) is 15.6. The van der Waals surface area contributed by atoms with E-state index in [0.29, 0.717) is 0 Å². The second-order valence-corrected chi connectivity index (χ2v) is 6.77. The van der Waals surface area contributed by atoms with Crippen molar-refractivity contribution in [2.75, 3.05) is 0 Å². The van der Waals surface area contributed by atoms with Gasteiger partial charge in [0.25, 0.3) is 0 Å². The van der Waals surface area contributed by atoms with Crippen molar-refractivity contribution in [3.63, 3.8) is 0 Å². The molecule has 20 heavy (non-hydrogen) atoms. The molecule has 1 rings (SSSR count). The highest BCUT2D eigenvalue weighted by Gasteiger charge is 2.32. The number of hydrogen-bond donors (Lipinski definition) is 0. The predicted octanol–water partition coefficient (Wildman–Crippen LogP) is 3.61. The van der Waals surface area contributed by atoms with Crippen molar-refractivity contribution in [1.82, 2.24) is 0 Å². The molecule has 3 nitrogen and oxygen atoms in total. The molecule has 0 aliphatic carbocycles. The Labute approximate surface area is 117 Å². The Balaban J connectivity index is 2.93. The summed E-state index contributed by atoms with van der Waals surface area (Å²) in [6.45, 7) is 5.09. The first-order valence-electron chi connectivity index (χ1n) is 5.50. The second kappa shape index (κ2) is 6.01. The van der Waals surface area contributed by atoms with Gasteiger partial charge >= 0.3 is 6.36 Å². The fraction of sp³-hybridized carbons (Fsp3) is 0.417. The maximum atomic E-state index is 13.2. The summed E-state index contributed by atoms with van der Waals surface area (Å²) >= 11 is -1.56. The van der Waals surface area contributed by atoms with Crippen molar-refractivity contribution >= 4 is 17.6 Å². The van der Waals surface area contributed by atoms with Gasteiger partial charge in [-0.2, -0.15) is 0 Å². The highest BCUT2D eigenvalue weighted by molar-refractivity contribution is 7.91. The topological polar surface area (TPSA) is 44.7 Å². The summed E-state index contributed by atoms with van der Waals surface area (Å²) in [5.41, 5.74) is 0.156. The van der Waals surface area contributed by atoms with Gasteiger partial charge in [0.1, 0.15) is 16.1 Å². The second-order valence-electron chi connectivity index (χ2n) is 4.83. The Morgan fingerprint density at radius 3 is 2.35 bits per heavy atom. The minimum Gasteiger partial charge on any atom is -0.591 e. The van der Waals surface area contributed by atoms with Crippen molar-refractivity contribution in [2.24, 2.45) is 4.40 Å². The number of alkyl halides is 3. The summed E-state index contributed by atoms with van der Waals surface area (Å²) in [7, 11) is 0. The van der Waals surface area contributed by atoms with E-state index in [0.717, 1.165) is 18.3 Å². The van der Waals surface area contributed by atoms with Crippen LogP contribution < -0.4 is 4.74 Å². The van der Waals surface area contributed by atoms with E-state index in [-0.39, 0.29) is 5.56 Å². The molecule has 0 saturated heterocycles. The fourth-order valence-corrected chi connectivity index (χ4v) is 1.60. The van der Waals surface area contributed by atoms with Gasteiger partial charge in [-0.25, -0.2) is 4.39 Å². The van der Waals surface area contributed by atoms with Gasteiger partial charge < -0.3 is 9.29 Å². The molecule has 1 atom stereocenters. The highest BCUT2D eigenvalue weighted by atomic mass is 32.2. The van der Waals surface area contributed by atoms with Gasteiger partial charge in [-0.3, -0.25) is 0 Å². The van der Waals surface area contributed by atoms with Gasteiger partial charge in [0.05, 0.1) is 6.21 Å². The van der Waals surface area contributed by atoms with Crippen LogP contribution in [-0.4, -0.2) is 21.9 Å². The van der Waals surface area contributed by atoms with Crippen molar-refractivity contribution in [3.05, 3.63) is 29.6 Å². The van der Waals surface area contributed by atoms with Crippen LogP contribution in [0.4, 0.5) is 17.6 Å². The third kappa shape index (κ3) is 5.38. The van der Waals surface area contributed by atoms with E-state index in [4.69, 9.17) is 0 Å². The standard InChI is InChI=1S/C12H13F4NO2S/c1-11(2,3)20(18)17-7-8-4-5-9(13)10(6-8)19-12(14,15)16/h4-7H,1-3H3/b17-7+. The van der Waals surface area contributed by atoms with Crippen LogP contribution in [0, 0.1) is 5.82 Å². The van der Waals surface area contributed by atoms with Crippen LogP contribution in [0.1, 0.15) is 26.3 Å². The lowest BCUT2D eigenvalue weighted by molar-refractivity contribution is -0.275. The molecule has 0 aliphatic heterocycles. The van der Waals surface area contributed by atoms with E-state index in [1.54, 1.807) is 20.8 Å². The number of benzene rings is 1. The van der Waals surface area contributed by atoms with Crippen molar-refractivity contribution < 1.29 is 26.9 Å². The van der Waals surface area contributed by atoms with Crippen LogP contribution in [0.15, 0.2) is 22.6 Å². The molecule has 0 aromatic heterocycles. The summed E-state index contributed by atoms with van der Waals surface area (Å²) in [6.07, 6.45) is -3.87. The smallest absolute Gasteiger partial charge is 0.573 e. The zero-order valence-corrected chi connectivity index (χ0v) is 11.8. The maximum Gasteiger partial charge on any atom is 0.573 e. The lowest BCUT2D eigenvalue weighted by Crippen LogP contribution is -2.25. The van der Waals surface area contributed by atoms with Crippen LogP contribution in [0.3, 0.4) is 0 Å². The molecule has 0 heterocycles. The van der Waals surface area contributed by atoms with E-state index in [1.807, 2.05) is 0 Å². The van der Waals surface area contributed by atoms with E-state index in [9.17, 15) is 22.1 Å². The minimum atomic E-state index is -4.98. The van der Waals surface area contributed by atoms with E-state index < -0.39 is 34.0 Å². The Morgan fingerprint density at radius 2 is 1.85 bits per heavy atom. The SMILES string of the molecule is CC(C)(C)[S+]([O-])/N=C/c1ccc(F)c(OC(F)(F)F)c1. The average molecular weight is 311 g/mol. The Morgan fingerprint density at radius 1 is 1.25 bits per heavy atom. The summed E-state index contributed by atoms with van der Waals surface area (Å²) in [4.78, 5) is 0. The first kappa shape index (κ1) is 16.8. The first-order chi connectivity index (χ1) is 8.99. The fourth-order valence-electron chi connectivity index (χ4n) is 1.07. The number of nitrogens with zero attached hydrogens (tertiary/aromatic N) is 1. The van der Waals surface area contributed by atoms with Crippen molar-refractivity contribution in [1.29, 1.82) is 0 Å². The molecule has 0 radical (unpaired) electrons. The lowest BCUT2D eigenvalue weighted by Gasteiger charge is -2.17. The molecular weight excluding hydrogens is 298 g/mol. The minimum absolute atomic E-state index is 0.156. The van der Waals surface area contributed by atoms with Gasteiger partial charge in [-0.1, -0.05) is 10.5 Å². The number of ether oxygens (including phenoxy) is 1. The number of halogens is 4. The Kier molecular flexibility index (Phi) is 5.04. The molecule has 8 heteroatoms. The van der Waals surface area contributed by atoms with E-state index >= 15 is 0 Å². The average Bonchev–Trinajstić information content (AvgIpc) is 2.26. The molecule has 1 aromatic carbocycles. The van der Waals surface area contributed by atoms with Gasteiger partial charge in [-0.05, 0) is 32.9 Å². The quantitative estimate of drug-likeness (QED) is 0.486. The van der Waals surface area contributed by atoms with Crippen LogP contribution in [0.2, 0.25) is 0 Å². The van der Waals surface area contributed by atoms with E-state index in [2.05, 4.69) is 9.13 Å². The third-order valence-electron chi connectivity index (χ3n) is 2.00. The highest BCUT2D eigenvalue weighted by Crippen LogP contribution is 2.26. The van der Waals surface area contributed by atoms with Crippen LogP contribution in [0.5, 0.6) is 5.75 Å². The zero-order valence-electron chi connectivity index (χ0n) is 11.0. The summed E-state index contributed by atoms with van der Waals surface area (Å²) in [5, 5.41) is 0. The molecule has 0 amide bonds. The van der Waals surface area contributed by atoms with Gasteiger partial charge in [0.15, 0.2) is 11.6 Å². The first-order valence-corrected chi connectivity index (χ1v) is 6.61. The molecule has 0 aliphatic rings. The Hall–Kier alpha value is -1.28. The molecule has 112 valence electrons. The number of hydrogen-bond acceptors (Lipinski definition) is 3. The molecule has 0 saturated carbocycles. The van der Waals surface area contributed by atoms with Gasteiger partial charge in [0, 0.05) is 5.56 Å². The largest absolute Gasteiger partial charge is 0.591 e. The molecule has 0 spiro atoms. The van der Waals surface area contributed by atoms with Crippen LogP contribution in [-0.2, 0) is 11.4 Å². The molecule has 0 N–H and O–H groups in total. The van der Waals surface area contributed by atoms with Gasteiger partial charge in [-0.15, -0.1) is 13.2 Å². The van der Waals surface area contributed by atoms with E-state index in [1.165, 1.54) is 6.07 Å². The van der Waals surface area contributed by atoms with Crippen molar-refractivity contribution in [3.8, 4) is 5.75 Å². The molecule has 0 bridgehead atoms. The maximum absolute atomic E-state index is 13.2. The molecule has 0 fully saturated rings. The third-order valence-corrected chi connectivity index (χ3v) is 3.35. The number of rotatable bonds is 3. The molecule has 1 unspecified atom stereocenters. The molecule has 1 aromatic rings. The molecular formula is C12H13F4NO2S. The van der Waals surface area contributed by atoms with Crippen molar-refractivity contribution in [2.45, 2.75) is 31.9 Å². The monoisotopic (exact) mass is 311 g/mol. The van der Waals surface area contributed by atoms with Gasteiger partial charge in [0.2, 0.25) is 0 Å². The predicted molar refractivity (Wildman–Crippen MR) is 68.6 cm³/mol. The summed E-state index contributed by atoms with van der Waals surface area (Å²) in [6, 6.07) is 2.87. The van der Waals surface area contributed by atoms with Crippen LogP contribution >= 0.6 is 0 Å². The normalized spacial score (nSPS) is 14.6. The summed E-state index contributed by atoms with van der Waals surface area (Å²) < 4.78 is 67.6. The lowest BCUT2D eigenvalue weighted by atomic mass is 10.2.